The number of pyridine rings is 1. The molecule has 1 amide bonds. The van der Waals surface area contributed by atoms with E-state index >= 15 is 0 Å². The maximum absolute atomic E-state index is 13.8. The van der Waals surface area contributed by atoms with Crippen LogP contribution >= 0.6 is 0 Å². The molecule has 3 N–H and O–H groups in total. The molecule has 2 aromatic heterocycles. The number of piperazine rings is 1. The quantitative estimate of drug-likeness (QED) is 0.364. The van der Waals surface area contributed by atoms with Gasteiger partial charge in [-0.25, -0.2) is 9.37 Å². The van der Waals surface area contributed by atoms with Gasteiger partial charge in [0, 0.05) is 56.9 Å². The summed E-state index contributed by atoms with van der Waals surface area (Å²) in [6.45, 7) is 10.2. The van der Waals surface area contributed by atoms with Crippen molar-refractivity contribution in [2.75, 3.05) is 41.7 Å². The van der Waals surface area contributed by atoms with E-state index in [4.69, 9.17) is 15.4 Å². The Bertz CT molecular complexity index is 1270. The molecule has 0 radical (unpaired) electrons. The number of hydrogen-bond acceptors (Lipinski definition) is 8. The zero-order chi connectivity index (χ0) is 26.5. The van der Waals surface area contributed by atoms with Gasteiger partial charge >= 0.3 is 0 Å². The summed E-state index contributed by atoms with van der Waals surface area (Å²) in [4.78, 5) is 29.7. The van der Waals surface area contributed by atoms with Gasteiger partial charge < -0.3 is 25.8 Å². The first-order chi connectivity index (χ1) is 17.8. The highest BCUT2D eigenvalue weighted by Crippen LogP contribution is 2.31. The van der Waals surface area contributed by atoms with E-state index in [0.717, 1.165) is 29.3 Å². The summed E-state index contributed by atoms with van der Waals surface area (Å²) in [5.74, 6) is 0.872. The van der Waals surface area contributed by atoms with Gasteiger partial charge in [0.05, 0.1) is 11.6 Å². The van der Waals surface area contributed by atoms with Gasteiger partial charge in [0.25, 0.3) is 0 Å². The van der Waals surface area contributed by atoms with Gasteiger partial charge in [0.2, 0.25) is 11.9 Å². The lowest BCUT2D eigenvalue weighted by atomic mass is 10.1. The van der Waals surface area contributed by atoms with E-state index in [0.29, 0.717) is 49.3 Å². The average molecular weight is 507 g/mol. The van der Waals surface area contributed by atoms with Crippen LogP contribution in [0.4, 0.5) is 21.8 Å². The highest BCUT2D eigenvalue weighted by atomic mass is 19.1. The number of anilines is 3. The molecule has 9 nitrogen and oxygen atoms in total. The van der Waals surface area contributed by atoms with Crippen LogP contribution in [-0.2, 0) is 4.79 Å². The third-order valence-corrected chi connectivity index (χ3v) is 6.92. The Kier molecular flexibility index (Phi) is 8.15. The van der Waals surface area contributed by atoms with Crippen molar-refractivity contribution in [3.8, 4) is 0 Å². The minimum absolute atomic E-state index is 0.0607. The van der Waals surface area contributed by atoms with Crippen molar-refractivity contribution in [1.29, 1.82) is 5.41 Å². The molecule has 1 fully saturated rings. The number of rotatable bonds is 9. The Labute approximate surface area is 217 Å². The molecule has 3 aromatic rings. The molecule has 1 saturated heterocycles. The van der Waals surface area contributed by atoms with Crippen molar-refractivity contribution >= 4 is 40.5 Å². The van der Waals surface area contributed by atoms with Crippen molar-refractivity contribution in [2.45, 2.75) is 52.6 Å². The molecule has 3 heterocycles. The van der Waals surface area contributed by atoms with Crippen molar-refractivity contribution < 1.29 is 9.18 Å². The summed E-state index contributed by atoms with van der Waals surface area (Å²) in [5.41, 5.74) is 2.80. The zero-order valence-corrected chi connectivity index (χ0v) is 21.9. The van der Waals surface area contributed by atoms with Crippen LogP contribution in [0.3, 0.4) is 0 Å². The zero-order valence-electron chi connectivity index (χ0n) is 21.9. The molecule has 1 atom stereocenters. The summed E-state index contributed by atoms with van der Waals surface area (Å²) in [6.07, 6.45) is 4.86. The lowest BCUT2D eigenvalue weighted by molar-refractivity contribution is -0.129. The van der Waals surface area contributed by atoms with Crippen LogP contribution in [0.15, 0.2) is 30.5 Å². The minimum Gasteiger partial charge on any atom is -0.378 e. The third-order valence-electron chi connectivity index (χ3n) is 6.92. The van der Waals surface area contributed by atoms with Crippen LogP contribution in [0.2, 0.25) is 0 Å². The van der Waals surface area contributed by atoms with E-state index in [9.17, 15) is 9.18 Å². The number of aromatic nitrogens is 3. The van der Waals surface area contributed by atoms with Gasteiger partial charge in [-0.2, -0.15) is 4.98 Å². The number of fused-ring (bicyclic) bond motifs is 1. The lowest BCUT2D eigenvalue weighted by Crippen LogP contribution is -2.48. The largest absolute Gasteiger partial charge is 0.378 e. The monoisotopic (exact) mass is 506 g/mol. The maximum Gasteiger partial charge on any atom is 0.228 e. The molecular weight excluding hydrogens is 471 g/mol. The highest BCUT2D eigenvalue weighted by molar-refractivity contribution is 5.89. The molecule has 4 rings (SSSR count). The number of benzene rings is 1. The Balaban J connectivity index is 1.69. The number of carbonyl (C=O) groups is 1. The van der Waals surface area contributed by atoms with Crippen LogP contribution in [0.25, 0.3) is 10.9 Å². The van der Waals surface area contributed by atoms with E-state index in [1.54, 1.807) is 19.2 Å². The van der Waals surface area contributed by atoms with E-state index in [-0.39, 0.29) is 23.8 Å². The second kappa shape index (κ2) is 11.5. The SMILES string of the molecule is CCC(CC)Nc1c(C=N)nc(N2CCN(C(C)=O)CC2)nc1N[C@H](C)c1cnc2ccc(F)cc2c1. The normalized spacial score (nSPS) is 14.6. The average Bonchev–Trinajstić information content (AvgIpc) is 2.91. The lowest BCUT2D eigenvalue weighted by Gasteiger charge is -2.34. The number of halogens is 1. The fraction of sp³-hybridized carbons (Fsp3) is 0.444. The molecule has 0 unspecified atom stereocenters. The second-order valence-corrected chi connectivity index (χ2v) is 9.40. The van der Waals surface area contributed by atoms with Crippen LogP contribution < -0.4 is 15.5 Å². The van der Waals surface area contributed by atoms with Crippen LogP contribution in [0.1, 0.15) is 57.8 Å². The first-order valence-corrected chi connectivity index (χ1v) is 12.8. The standard InChI is InChI=1S/C27H35FN8O/c1-5-22(6-2)32-25-24(15-29)33-27(36-11-9-35(10-12-36)18(4)37)34-26(25)31-17(3)20-13-19-14-21(28)7-8-23(19)30-16-20/h7-8,13-17,22,29,32H,5-6,9-12H2,1-4H3,(H,31,33,34)/t17-/m1/s1. The summed E-state index contributed by atoms with van der Waals surface area (Å²) in [6, 6.07) is 6.49. The van der Waals surface area contributed by atoms with Crippen molar-refractivity contribution in [1.82, 2.24) is 19.9 Å². The van der Waals surface area contributed by atoms with Crippen LogP contribution in [0, 0.1) is 11.2 Å². The highest BCUT2D eigenvalue weighted by Gasteiger charge is 2.24. The van der Waals surface area contributed by atoms with Gasteiger partial charge in [-0.05, 0) is 49.6 Å². The molecule has 1 aliphatic heterocycles. The predicted molar refractivity (Wildman–Crippen MR) is 146 cm³/mol. The first-order valence-electron chi connectivity index (χ1n) is 12.8. The Morgan fingerprint density at radius 3 is 2.51 bits per heavy atom. The Hall–Kier alpha value is -3.82. The number of nitrogens with zero attached hydrogens (tertiary/aromatic N) is 5. The minimum atomic E-state index is -0.301. The molecule has 0 aliphatic carbocycles. The molecule has 37 heavy (non-hydrogen) atoms. The summed E-state index contributed by atoms with van der Waals surface area (Å²) >= 11 is 0. The van der Waals surface area contributed by atoms with Crippen molar-refractivity contribution in [3.63, 3.8) is 0 Å². The van der Waals surface area contributed by atoms with Crippen LogP contribution in [0.5, 0.6) is 0 Å². The van der Waals surface area contributed by atoms with Gasteiger partial charge in [0.15, 0.2) is 5.82 Å². The fourth-order valence-electron chi connectivity index (χ4n) is 4.52. The molecule has 0 spiro atoms. The molecule has 1 aromatic carbocycles. The second-order valence-electron chi connectivity index (χ2n) is 9.40. The molecule has 0 saturated carbocycles. The molecule has 196 valence electrons. The Morgan fingerprint density at radius 2 is 1.86 bits per heavy atom. The van der Waals surface area contributed by atoms with Gasteiger partial charge in [0.1, 0.15) is 17.2 Å². The smallest absolute Gasteiger partial charge is 0.228 e. The molecule has 10 heteroatoms. The predicted octanol–water partition coefficient (Wildman–Crippen LogP) is 4.60. The van der Waals surface area contributed by atoms with Crippen LogP contribution in [-0.4, -0.2) is 64.2 Å². The van der Waals surface area contributed by atoms with Gasteiger partial charge in [-0.1, -0.05) is 13.8 Å². The van der Waals surface area contributed by atoms with Gasteiger partial charge in [-0.3, -0.25) is 9.78 Å². The topological polar surface area (TPSA) is 110 Å². The molecular formula is C27H35FN8O. The van der Waals surface area contributed by atoms with E-state index < -0.39 is 0 Å². The molecule has 1 aliphatic rings. The fourth-order valence-corrected chi connectivity index (χ4v) is 4.52. The third kappa shape index (κ3) is 5.95. The van der Waals surface area contributed by atoms with Gasteiger partial charge in [-0.15, -0.1) is 0 Å². The van der Waals surface area contributed by atoms with E-state index in [1.165, 1.54) is 18.3 Å². The number of carbonyl (C=O) groups excluding carboxylic acids is 1. The number of nitrogens with one attached hydrogen (secondary N) is 3. The molecule has 0 bridgehead atoms. The van der Waals surface area contributed by atoms with Crippen molar-refractivity contribution in [3.05, 3.63) is 47.5 Å². The van der Waals surface area contributed by atoms with E-state index in [1.807, 2.05) is 22.8 Å². The summed E-state index contributed by atoms with van der Waals surface area (Å²) in [5, 5.41) is 15.9. The summed E-state index contributed by atoms with van der Waals surface area (Å²) < 4.78 is 13.8. The van der Waals surface area contributed by atoms with Crippen molar-refractivity contribution in [2.24, 2.45) is 0 Å². The number of amides is 1. The maximum atomic E-state index is 13.8. The Morgan fingerprint density at radius 1 is 1.14 bits per heavy atom. The number of hydrogen-bond donors (Lipinski definition) is 3. The van der Waals surface area contributed by atoms with E-state index in [2.05, 4.69) is 29.5 Å². The summed E-state index contributed by atoms with van der Waals surface area (Å²) in [7, 11) is 0. The first kappa shape index (κ1) is 26.2.